The van der Waals surface area contributed by atoms with Crippen LogP contribution in [0, 0.1) is 12.7 Å². The first-order chi connectivity index (χ1) is 15.5. The largest absolute Gasteiger partial charge is 0.484 e. The number of rotatable bonds is 6. The molecule has 5 nitrogen and oxygen atoms in total. The molecule has 0 aliphatic rings. The summed E-state index contributed by atoms with van der Waals surface area (Å²) in [5, 5.41) is 10.3. The summed E-state index contributed by atoms with van der Waals surface area (Å²) in [7, 11) is 0. The second-order valence-electron chi connectivity index (χ2n) is 7.00. The molecule has 4 aromatic rings. The van der Waals surface area contributed by atoms with Crippen LogP contribution in [0.1, 0.15) is 46.7 Å². The lowest BCUT2D eigenvalue weighted by Crippen LogP contribution is -2.09. The zero-order chi connectivity index (χ0) is 23.1. The third-order valence-corrected chi connectivity index (χ3v) is 4.79. The van der Waals surface area contributed by atoms with Crippen molar-refractivity contribution in [2.75, 3.05) is 0 Å². The fraction of sp³-hybridized carbons (Fsp3) is 0.192. The van der Waals surface area contributed by atoms with Gasteiger partial charge in [0.25, 0.3) is 0 Å². The fourth-order valence-electron chi connectivity index (χ4n) is 3.30. The molecule has 0 saturated carbocycles. The summed E-state index contributed by atoms with van der Waals surface area (Å²) in [5.74, 6) is -1.29. The lowest BCUT2D eigenvalue weighted by Gasteiger charge is -2.14. The van der Waals surface area contributed by atoms with E-state index in [1.807, 2.05) is 50.2 Å². The number of fused-ring (bicyclic) bond motifs is 1. The van der Waals surface area contributed by atoms with Crippen molar-refractivity contribution in [1.82, 2.24) is 9.97 Å². The van der Waals surface area contributed by atoms with Crippen LogP contribution < -0.4 is 4.74 Å². The van der Waals surface area contributed by atoms with Gasteiger partial charge in [0.1, 0.15) is 17.9 Å². The molecule has 2 aromatic heterocycles. The Morgan fingerprint density at radius 2 is 1.69 bits per heavy atom. The van der Waals surface area contributed by atoms with E-state index < -0.39 is 5.97 Å². The highest BCUT2D eigenvalue weighted by Crippen LogP contribution is 2.31. The van der Waals surface area contributed by atoms with Crippen LogP contribution in [-0.4, -0.2) is 21.0 Å². The third kappa shape index (κ3) is 5.27. The van der Waals surface area contributed by atoms with Crippen molar-refractivity contribution >= 4 is 16.9 Å². The van der Waals surface area contributed by atoms with Gasteiger partial charge in [-0.25, -0.2) is 14.2 Å². The van der Waals surface area contributed by atoms with E-state index in [4.69, 9.17) is 4.74 Å². The van der Waals surface area contributed by atoms with E-state index in [0.717, 1.165) is 22.1 Å². The van der Waals surface area contributed by atoms with E-state index in [-0.39, 0.29) is 23.9 Å². The first-order valence-electron chi connectivity index (χ1n) is 10.4. The molecule has 0 amide bonds. The normalized spacial score (nSPS) is 10.4. The zero-order valence-electron chi connectivity index (χ0n) is 18.3. The van der Waals surface area contributed by atoms with Crippen LogP contribution in [0.15, 0.2) is 66.9 Å². The molecule has 0 bridgehead atoms. The van der Waals surface area contributed by atoms with Crippen LogP contribution in [0.2, 0.25) is 0 Å². The van der Waals surface area contributed by atoms with Gasteiger partial charge in [-0.1, -0.05) is 56.3 Å². The van der Waals surface area contributed by atoms with Crippen LogP contribution in [0.25, 0.3) is 10.9 Å². The Labute approximate surface area is 186 Å². The molecular formula is C26H25FN2O3. The SMILES string of the molecule is CC.Cc1nc(C(=O)O)c(OCc2ccccc2)c2ncc(Cc3ccc(F)cc3)cc12. The molecule has 1 N–H and O–H groups in total. The van der Waals surface area contributed by atoms with Gasteiger partial charge >= 0.3 is 5.97 Å². The van der Waals surface area contributed by atoms with Gasteiger partial charge in [-0.2, -0.15) is 0 Å². The minimum atomic E-state index is -1.17. The summed E-state index contributed by atoms with van der Waals surface area (Å²) in [5.41, 5.74) is 3.63. The van der Waals surface area contributed by atoms with Crippen molar-refractivity contribution in [2.24, 2.45) is 0 Å². The topological polar surface area (TPSA) is 72.3 Å². The number of hydrogen-bond acceptors (Lipinski definition) is 4. The van der Waals surface area contributed by atoms with Gasteiger partial charge in [0.15, 0.2) is 11.4 Å². The Bertz CT molecular complexity index is 1210. The van der Waals surface area contributed by atoms with Crippen molar-refractivity contribution in [3.05, 3.63) is 101 Å². The molecule has 2 aromatic carbocycles. The van der Waals surface area contributed by atoms with Crippen LogP contribution in [-0.2, 0) is 13.0 Å². The molecule has 32 heavy (non-hydrogen) atoms. The standard InChI is InChI=1S/C24H19FN2O3.C2H6/c1-15-20-12-18(11-16-7-9-19(25)10-8-16)13-26-21(20)23(22(27-15)24(28)29)30-14-17-5-3-2-4-6-17;1-2/h2-10,12-13H,11,14H2,1H3,(H,28,29);1-2H3. The second-order valence-corrected chi connectivity index (χ2v) is 7.00. The number of nitrogens with zero attached hydrogens (tertiary/aromatic N) is 2. The average Bonchev–Trinajstić information content (AvgIpc) is 2.82. The Balaban J connectivity index is 0.00000141. The summed E-state index contributed by atoms with van der Waals surface area (Å²) in [6.07, 6.45) is 2.26. The first-order valence-corrected chi connectivity index (χ1v) is 10.4. The summed E-state index contributed by atoms with van der Waals surface area (Å²) < 4.78 is 19.0. The number of carboxylic acid groups (broad SMARTS) is 1. The monoisotopic (exact) mass is 432 g/mol. The number of carboxylic acids is 1. The van der Waals surface area contributed by atoms with E-state index in [1.165, 1.54) is 12.1 Å². The van der Waals surface area contributed by atoms with Gasteiger partial charge in [0, 0.05) is 17.3 Å². The molecule has 0 aliphatic carbocycles. The van der Waals surface area contributed by atoms with Crippen molar-refractivity contribution in [3.8, 4) is 5.75 Å². The maximum atomic E-state index is 13.1. The number of pyridine rings is 2. The van der Waals surface area contributed by atoms with Gasteiger partial charge in [-0.05, 0) is 48.2 Å². The Morgan fingerprint density at radius 3 is 2.34 bits per heavy atom. The summed E-state index contributed by atoms with van der Waals surface area (Å²) >= 11 is 0. The predicted molar refractivity (Wildman–Crippen MR) is 123 cm³/mol. The molecule has 0 fully saturated rings. The number of aromatic carboxylic acids is 1. The highest BCUT2D eigenvalue weighted by molar-refractivity contribution is 5.98. The molecule has 6 heteroatoms. The van der Waals surface area contributed by atoms with Gasteiger partial charge in [0.05, 0.1) is 0 Å². The predicted octanol–water partition coefficient (Wildman–Crippen LogP) is 5.97. The molecule has 164 valence electrons. The number of benzene rings is 2. The minimum Gasteiger partial charge on any atom is -0.484 e. The summed E-state index contributed by atoms with van der Waals surface area (Å²) in [4.78, 5) is 20.5. The number of hydrogen-bond donors (Lipinski definition) is 1. The maximum Gasteiger partial charge on any atom is 0.358 e. The lowest BCUT2D eigenvalue weighted by atomic mass is 10.0. The molecule has 0 atom stereocenters. The van der Waals surface area contributed by atoms with Crippen LogP contribution in [0.4, 0.5) is 4.39 Å². The van der Waals surface area contributed by atoms with Crippen LogP contribution in [0.3, 0.4) is 0 Å². The number of aromatic nitrogens is 2. The minimum absolute atomic E-state index is 0.153. The van der Waals surface area contributed by atoms with Gasteiger partial charge in [0.2, 0.25) is 0 Å². The molecule has 0 radical (unpaired) electrons. The van der Waals surface area contributed by atoms with Crippen LogP contribution in [0.5, 0.6) is 5.75 Å². The summed E-state index contributed by atoms with van der Waals surface area (Å²) in [6.45, 7) is 5.96. The smallest absolute Gasteiger partial charge is 0.358 e. The zero-order valence-corrected chi connectivity index (χ0v) is 18.3. The number of aryl methyl sites for hydroxylation is 1. The Morgan fingerprint density at radius 1 is 1.00 bits per heavy atom. The first kappa shape index (κ1) is 22.9. The maximum absolute atomic E-state index is 13.1. The van der Waals surface area contributed by atoms with E-state index >= 15 is 0 Å². The highest BCUT2D eigenvalue weighted by atomic mass is 19.1. The lowest BCUT2D eigenvalue weighted by molar-refractivity contribution is 0.0685. The van der Waals surface area contributed by atoms with E-state index in [9.17, 15) is 14.3 Å². The summed E-state index contributed by atoms with van der Waals surface area (Å²) in [6, 6.07) is 17.7. The van der Waals surface area contributed by atoms with Gasteiger partial charge in [-0.3, -0.25) is 4.98 Å². The molecule has 4 rings (SSSR count). The average molecular weight is 432 g/mol. The fourth-order valence-corrected chi connectivity index (χ4v) is 3.30. The van der Waals surface area contributed by atoms with Crippen molar-refractivity contribution in [3.63, 3.8) is 0 Å². The van der Waals surface area contributed by atoms with E-state index in [2.05, 4.69) is 9.97 Å². The van der Waals surface area contributed by atoms with E-state index in [1.54, 1.807) is 25.3 Å². The number of ether oxygens (including phenoxy) is 1. The highest BCUT2D eigenvalue weighted by Gasteiger charge is 2.20. The quantitative estimate of drug-likeness (QED) is 0.406. The van der Waals surface area contributed by atoms with Crippen molar-refractivity contribution in [2.45, 2.75) is 33.8 Å². The van der Waals surface area contributed by atoms with Gasteiger partial charge < -0.3 is 9.84 Å². The third-order valence-electron chi connectivity index (χ3n) is 4.79. The van der Waals surface area contributed by atoms with Gasteiger partial charge in [-0.15, -0.1) is 0 Å². The molecule has 0 aliphatic heterocycles. The number of halogens is 1. The molecular weight excluding hydrogens is 407 g/mol. The van der Waals surface area contributed by atoms with Crippen molar-refractivity contribution < 1.29 is 19.0 Å². The molecule has 2 heterocycles. The van der Waals surface area contributed by atoms with Crippen LogP contribution >= 0.6 is 0 Å². The molecule has 0 saturated heterocycles. The second kappa shape index (κ2) is 10.5. The molecule has 0 unspecified atom stereocenters. The Hall–Kier alpha value is -3.80. The number of carbonyl (C=O) groups is 1. The van der Waals surface area contributed by atoms with Crippen molar-refractivity contribution in [1.29, 1.82) is 0 Å². The molecule has 0 spiro atoms. The van der Waals surface area contributed by atoms with E-state index in [0.29, 0.717) is 17.6 Å². The Kier molecular flexibility index (Phi) is 7.49.